The van der Waals surface area contributed by atoms with Crippen molar-refractivity contribution >= 4 is 0 Å². The maximum absolute atomic E-state index is 6.44. The largest absolute Gasteiger partial charge is 0.350 e. The molecule has 2 fully saturated rings. The summed E-state index contributed by atoms with van der Waals surface area (Å²) < 4.78 is 12.6. The van der Waals surface area contributed by atoms with E-state index in [4.69, 9.17) is 9.47 Å². The summed E-state index contributed by atoms with van der Waals surface area (Å²) in [6.07, 6.45) is 10.9. The van der Waals surface area contributed by atoms with Crippen LogP contribution >= 0.6 is 0 Å². The average Bonchev–Trinajstić information content (AvgIpc) is 3.03. The van der Waals surface area contributed by atoms with Crippen LogP contribution in [0.25, 0.3) is 0 Å². The topological polar surface area (TPSA) is 21.7 Å². The predicted octanol–water partition coefficient (Wildman–Crippen LogP) is 4.77. The molecule has 2 saturated heterocycles. The molecule has 0 N–H and O–H groups in total. The van der Waals surface area contributed by atoms with Crippen LogP contribution in [-0.2, 0) is 9.47 Å². The van der Waals surface area contributed by atoms with Gasteiger partial charge in [-0.2, -0.15) is 0 Å². The Labute approximate surface area is 154 Å². The smallest absolute Gasteiger partial charge is 0.161 e. The number of nitrogens with zero attached hydrogens (tertiary/aromatic N) is 1. The Morgan fingerprint density at radius 1 is 1.08 bits per heavy atom. The fraction of sp³-hybridized carbons (Fsp3) is 0.909. The van der Waals surface area contributed by atoms with Crippen molar-refractivity contribution in [3.05, 3.63) is 11.1 Å². The molecule has 0 spiro atoms. The highest BCUT2D eigenvalue weighted by Gasteiger charge is 2.42. The van der Waals surface area contributed by atoms with Crippen molar-refractivity contribution < 1.29 is 9.47 Å². The molecule has 0 bridgehead atoms. The lowest BCUT2D eigenvalue weighted by molar-refractivity contribution is -0.115. The first-order chi connectivity index (χ1) is 12.0. The molecule has 4 rings (SSSR count). The van der Waals surface area contributed by atoms with E-state index in [0.717, 1.165) is 13.2 Å². The molecule has 0 radical (unpaired) electrons. The molecule has 0 saturated carbocycles. The second-order valence-corrected chi connectivity index (χ2v) is 9.69. The molecule has 2 aliphatic heterocycles. The zero-order chi connectivity index (χ0) is 17.4. The van der Waals surface area contributed by atoms with Gasteiger partial charge < -0.3 is 14.4 Å². The highest BCUT2D eigenvalue weighted by Crippen LogP contribution is 2.50. The minimum atomic E-state index is 0.0246. The molecule has 142 valence electrons. The lowest BCUT2D eigenvalue weighted by Gasteiger charge is -2.44. The van der Waals surface area contributed by atoms with Gasteiger partial charge in [0.05, 0.1) is 12.7 Å². The van der Waals surface area contributed by atoms with Gasteiger partial charge in [0.15, 0.2) is 6.29 Å². The summed E-state index contributed by atoms with van der Waals surface area (Å²) in [5.74, 6) is 1.23. The van der Waals surface area contributed by atoms with Crippen LogP contribution in [0.1, 0.15) is 72.1 Å². The molecule has 2 heterocycles. The Morgan fingerprint density at radius 3 is 2.68 bits per heavy atom. The first-order valence-corrected chi connectivity index (χ1v) is 10.7. The lowest BCUT2D eigenvalue weighted by Crippen LogP contribution is -2.39. The number of allylic oxidation sites excluding steroid dienone is 2. The number of hydrogen-bond donors (Lipinski definition) is 0. The monoisotopic (exact) mass is 347 g/mol. The van der Waals surface area contributed by atoms with E-state index in [-0.39, 0.29) is 12.4 Å². The van der Waals surface area contributed by atoms with E-state index in [1.165, 1.54) is 64.5 Å². The van der Waals surface area contributed by atoms with Crippen molar-refractivity contribution in [1.82, 2.24) is 4.90 Å². The molecule has 0 unspecified atom stereocenters. The molecule has 3 heteroatoms. The second kappa shape index (κ2) is 7.32. The van der Waals surface area contributed by atoms with Crippen molar-refractivity contribution in [2.45, 2.75) is 84.5 Å². The van der Waals surface area contributed by atoms with E-state index in [0.29, 0.717) is 17.3 Å². The minimum absolute atomic E-state index is 0.0246. The maximum atomic E-state index is 6.44. The molecule has 25 heavy (non-hydrogen) atoms. The van der Waals surface area contributed by atoms with Crippen molar-refractivity contribution in [3.63, 3.8) is 0 Å². The van der Waals surface area contributed by atoms with Gasteiger partial charge in [-0.05, 0) is 69.4 Å². The van der Waals surface area contributed by atoms with Gasteiger partial charge in [-0.25, -0.2) is 0 Å². The van der Waals surface area contributed by atoms with Crippen LogP contribution in [0.2, 0.25) is 0 Å². The normalized spacial score (nSPS) is 39.5. The summed E-state index contributed by atoms with van der Waals surface area (Å²) in [6.45, 7) is 11.7. The van der Waals surface area contributed by atoms with Crippen molar-refractivity contribution in [3.8, 4) is 0 Å². The molecule has 2 aliphatic carbocycles. The van der Waals surface area contributed by atoms with Crippen LogP contribution in [0.4, 0.5) is 0 Å². The number of piperidine rings is 1. The average molecular weight is 348 g/mol. The summed E-state index contributed by atoms with van der Waals surface area (Å²) in [5, 5.41) is 0. The Balaban J connectivity index is 1.38. The standard InChI is InChI=1S/C22H37NO2/c1-16-12-17-8-7-9-22(2,3)20(17)13-19(16)21-24-15-18(25-21)14-23-10-5-4-6-11-23/h16,18-19,21H,4-15H2,1-3H3/t16-,18+,19+,21+/m0/s1. The third-order valence-corrected chi connectivity index (χ3v) is 7.30. The van der Waals surface area contributed by atoms with Gasteiger partial charge in [0.2, 0.25) is 0 Å². The quantitative estimate of drug-likeness (QED) is 0.687. The van der Waals surface area contributed by atoms with Crippen LogP contribution in [0, 0.1) is 17.3 Å². The fourth-order valence-electron chi connectivity index (χ4n) is 5.73. The van der Waals surface area contributed by atoms with E-state index in [9.17, 15) is 0 Å². The van der Waals surface area contributed by atoms with E-state index in [1.807, 2.05) is 0 Å². The highest BCUT2D eigenvalue weighted by atomic mass is 16.7. The zero-order valence-electron chi connectivity index (χ0n) is 16.6. The third kappa shape index (κ3) is 3.84. The summed E-state index contributed by atoms with van der Waals surface area (Å²) in [6, 6.07) is 0. The third-order valence-electron chi connectivity index (χ3n) is 7.30. The molecule has 4 aliphatic rings. The number of rotatable bonds is 3. The van der Waals surface area contributed by atoms with Gasteiger partial charge in [-0.3, -0.25) is 0 Å². The zero-order valence-corrected chi connectivity index (χ0v) is 16.6. The molecular formula is C22H37NO2. The fourth-order valence-corrected chi connectivity index (χ4v) is 5.73. The maximum Gasteiger partial charge on any atom is 0.161 e. The van der Waals surface area contributed by atoms with Gasteiger partial charge >= 0.3 is 0 Å². The van der Waals surface area contributed by atoms with Crippen molar-refractivity contribution in [2.24, 2.45) is 17.3 Å². The number of likely N-dealkylation sites (tertiary alicyclic amines) is 1. The summed E-state index contributed by atoms with van der Waals surface area (Å²) >= 11 is 0. The Hall–Kier alpha value is -0.380. The number of hydrogen-bond acceptors (Lipinski definition) is 3. The van der Waals surface area contributed by atoms with E-state index in [1.54, 1.807) is 11.1 Å². The molecule has 0 aromatic carbocycles. The summed E-state index contributed by atoms with van der Waals surface area (Å²) in [7, 11) is 0. The Bertz CT molecular complexity index is 506. The molecule has 3 nitrogen and oxygen atoms in total. The summed E-state index contributed by atoms with van der Waals surface area (Å²) in [5.41, 5.74) is 3.90. The van der Waals surface area contributed by atoms with Gasteiger partial charge in [-0.15, -0.1) is 0 Å². The van der Waals surface area contributed by atoms with Crippen LogP contribution in [0.15, 0.2) is 11.1 Å². The molecule has 0 amide bonds. The predicted molar refractivity (Wildman–Crippen MR) is 101 cm³/mol. The van der Waals surface area contributed by atoms with Crippen molar-refractivity contribution in [1.29, 1.82) is 0 Å². The van der Waals surface area contributed by atoms with Crippen molar-refractivity contribution in [2.75, 3.05) is 26.2 Å². The van der Waals surface area contributed by atoms with Gasteiger partial charge in [0.25, 0.3) is 0 Å². The molecule has 0 aromatic rings. The first kappa shape index (κ1) is 18.0. The van der Waals surface area contributed by atoms with Crippen LogP contribution in [0.3, 0.4) is 0 Å². The Kier molecular flexibility index (Phi) is 5.28. The van der Waals surface area contributed by atoms with E-state index >= 15 is 0 Å². The molecular weight excluding hydrogens is 310 g/mol. The lowest BCUT2D eigenvalue weighted by atomic mass is 9.63. The van der Waals surface area contributed by atoms with Gasteiger partial charge in [0, 0.05) is 12.5 Å². The van der Waals surface area contributed by atoms with E-state index in [2.05, 4.69) is 25.7 Å². The SMILES string of the molecule is C[C@H]1CC2=C(C[C@H]1[C@@H]1OC[C@@H](CN3CCCCC3)O1)C(C)(C)CCC2. The molecule has 4 atom stereocenters. The number of ether oxygens (including phenoxy) is 2. The van der Waals surface area contributed by atoms with Crippen LogP contribution in [0.5, 0.6) is 0 Å². The van der Waals surface area contributed by atoms with Crippen LogP contribution in [-0.4, -0.2) is 43.5 Å². The van der Waals surface area contributed by atoms with Gasteiger partial charge in [0.1, 0.15) is 0 Å². The van der Waals surface area contributed by atoms with E-state index < -0.39 is 0 Å². The first-order valence-electron chi connectivity index (χ1n) is 10.7. The molecule has 0 aromatic heterocycles. The Morgan fingerprint density at radius 2 is 1.88 bits per heavy atom. The van der Waals surface area contributed by atoms with Crippen LogP contribution < -0.4 is 0 Å². The highest BCUT2D eigenvalue weighted by molar-refractivity contribution is 5.27. The second-order valence-electron chi connectivity index (χ2n) is 9.69. The summed E-state index contributed by atoms with van der Waals surface area (Å²) in [4.78, 5) is 2.58. The van der Waals surface area contributed by atoms with Gasteiger partial charge in [-0.1, -0.05) is 38.3 Å². The minimum Gasteiger partial charge on any atom is -0.350 e.